The fourth-order valence-corrected chi connectivity index (χ4v) is 4.30. The van der Waals surface area contributed by atoms with Crippen molar-refractivity contribution in [2.75, 3.05) is 26.2 Å². The van der Waals surface area contributed by atoms with E-state index in [1.165, 1.54) is 4.90 Å². The maximum Gasteiger partial charge on any atom is 0.326 e. The number of carboxylic acids is 1. The molecular formula is C21H31N3O4. The van der Waals surface area contributed by atoms with Crippen molar-refractivity contribution < 1.29 is 19.8 Å². The maximum absolute atomic E-state index is 13.2. The van der Waals surface area contributed by atoms with E-state index < -0.39 is 12.0 Å². The summed E-state index contributed by atoms with van der Waals surface area (Å²) in [6, 6.07) is 6.15. The molecule has 1 atom stereocenters. The summed E-state index contributed by atoms with van der Waals surface area (Å²) in [7, 11) is 0. The van der Waals surface area contributed by atoms with Crippen LogP contribution in [0, 0.1) is 0 Å². The predicted molar refractivity (Wildman–Crippen MR) is 106 cm³/mol. The number of hydrogen-bond acceptors (Lipinski definition) is 4. The molecule has 7 heteroatoms. The van der Waals surface area contributed by atoms with Crippen LogP contribution in [-0.2, 0) is 11.2 Å². The van der Waals surface area contributed by atoms with Crippen molar-refractivity contribution in [3.63, 3.8) is 0 Å². The van der Waals surface area contributed by atoms with Crippen molar-refractivity contribution in [1.82, 2.24) is 14.7 Å². The van der Waals surface area contributed by atoms with E-state index in [1.807, 2.05) is 4.90 Å². The number of benzene rings is 1. The highest BCUT2D eigenvalue weighted by atomic mass is 16.4. The van der Waals surface area contributed by atoms with Gasteiger partial charge in [-0.2, -0.15) is 0 Å². The summed E-state index contributed by atoms with van der Waals surface area (Å²) in [5.41, 5.74) is 0.792. The molecule has 2 N–H and O–H groups in total. The van der Waals surface area contributed by atoms with Crippen LogP contribution in [0.2, 0.25) is 0 Å². The van der Waals surface area contributed by atoms with Crippen molar-refractivity contribution in [3.8, 4) is 5.75 Å². The molecule has 0 radical (unpaired) electrons. The molecule has 0 aliphatic carbocycles. The first kappa shape index (κ1) is 20.5. The zero-order chi connectivity index (χ0) is 20.3. The van der Waals surface area contributed by atoms with E-state index in [-0.39, 0.29) is 24.2 Å². The van der Waals surface area contributed by atoms with Crippen molar-refractivity contribution in [2.45, 2.75) is 57.7 Å². The van der Waals surface area contributed by atoms with Gasteiger partial charge < -0.3 is 24.9 Å². The molecule has 2 aliphatic heterocycles. The number of rotatable bonds is 6. The number of aliphatic carboxylic acids is 1. The number of carbonyl (C=O) groups is 2. The third kappa shape index (κ3) is 4.58. The minimum Gasteiger partial charge on any atom is -0.508 e. The number of amides is 2. The van der Waals surface area contributed by atoms with Crippen molar-refractivity contribution in [3.05, 3.63) is 29.8 Å². The SMILES string of the molecule is CC(C)N1CCC(N2CCCN([C@@H](Cc3ccc(O)cc3)C(=O)O)C2=O)CC1. The molecule has 0 saturated carbocycles. The molecule has 1 aromatic carbocycles. The fourth-order valence-electron chi connectivity index (χ4n) is 4.30. The van der Waals surface area contributed by atoms with Crippen LogP contribution in [0.5, 0.6) is 5.75 Å². The predicted octanol–water partition coefficient (Wildman–Crippen LogP) is 2.39. The van der Waals surface area contributed by atoms with Crippen molar-refractivity contribution in [1.29, 1.82) is 0 Å². The topological polar surface area (TPSA) is 84.3 Å². The van der Waals surface area contributed by atoms with Crippen LogP contribution in [-0.4, -0.2) is 81.2 Å². The number of phenolic OH excluding ortho intramolecular Hbond substituents is 1. The maximum atomic E-state index is 13.2. The highest BCUT2D eigenvalue weighted by Gasteiger charge is 2.38. The zero-order valence-corrected chi connectivity index (χ0v) is 16.8. The minimum atomic E-state index is -0.988. The Bertz CT molecular complexity index is 683. The number of nitrogens with zero attached hydrogens (tertiary/aromatic N) is 3. The molecule has 2 amide bonds. The van der Waals surface area contributed by atoms with Crippen LogP contribution in [0.25, 0.3) is 0 Å². The molecular weight excluding hydrogens is 358 g/mol. The molecule has 2 heterocycles. The van der Waals surface area contributed by atoms with Crippen molar-refractivity contribution >= 4 is 12.0 Å². The van der Waals surface area contributed by atoms with Gasteiger partial charge in [0.1, 0.15) is 11.8 Å². The lowest BCUT2D eigenvalue weighted by Crippen LogP contribution is -2.60. The van der Waals surface area contributed by atoms with Gasteiger partial charge in [0.05, 0.1) is 0 Å². The van der Waals surface area contributed by atoms with Gasteiger partial charge in [-0.25, -0.2) is 9.59 Å². The monoisotopic (exact) mass is 389 g/mol. The lowest BCUT2D eigenvalue weighted by atomic mass is 9.99. The van der Waals surface area contributed by atoms with Crippen LogP contribution in [0.4, 0.5) is 4.79 Å². The molecule has 0 aromatic heterocycles. The third-order valence-electron chi connectivity index (χ3n) is 5.99. The number of carboxylic acid groups (broad SMARTS) is 1. The Labute approximate surface area is 166 Å². The second-order valence-corrected chi connectivity index (χ2v) is 8.11. The highest BCUT2D eigenvalue weighted by Crippen LogP contribution is 2.24. The Balaban J connectivity index is 1.69. The van der Waals surface area contributed by atoms with Gasteiger partial charge in [-0.15, -0.1) is 0 Å². The molecule has 7 nitrogen and oxygen atoms in total. The Morgan fingerprint density at radius 3 is 2.32 bits per heavy atom. The Morgan fingerprint density at radius 2 is 1.75 bits per heavy atom. The summed E-state index contributed by atoms with van der Waals surface area (Å²) in [5, 5.41) is 19.2. The van der Waals surface area contributed by atoms with Gasteiger partial charge >= 0.3 is 12.0 Å². The number of carbonyl (C=O) groups excluding carboxylic acids is 1. The largest absolute Gasteiger partial charge is 0.508 e. The highest BCUT2D eigenvalue weighted by molar-refractivity contribution is 5.83. The molecule has 0 spiro atoms. The molecule has 1 aromatic rings. The van der Waals surface area contributed by atoms with E-state index in [0.29, 0.717) is 19.1 Å². The molecule has 28 heavy (non-hydrogen) atoms. The van der Waals surface area contributed by atoms with E-state index in [1.54, 1.807) is 24.3 Å². The summed E-state index contributed by atoms with van der Waals surface area (Å²) in [6.07, 6.45) is 2.90. The molecule has 2 aliphatic rings. The molecule has 2 fully saturated rings. The average Bonchev–Trinajstić information content (AvgIpc) is 2.68. The summed E-state index contributed by atoms with van der Waals surface area (Å²) in [5.74, 6) is -0.846. The summed E-state index contributed by atoms with van der Waals surface area (Å²) < 4.78 is 0. The molecule has 3 rings (SSSR count). The molecule has 2 saturated heterocycles. The average molecular weight is 389 g/mol. The van der Waals surface area contributed by atoms with E-state index in [0.717, 1.165) is 37.9 Å². The second-order valence-electron chi connectivity index (χ2n) is 8.11. The normalized spacial score (nSPS) is 20.6. The van der Waals surface area contributed by atoms with Crippen LogP contribution in [0.15, 0.2) is 24.3 Å². The summed E-state index contributed by atoms with van der Waals surface area (Å²) >= 11 is 0. The standard InChI is InChI=1S/C21H31N3O4/c1-15(2)22-12-8-17(9-13-22)23-10-3-11-24(21(23)28)19(20(26)27)14-16-4-6-18(25)7-5-16/h4-7,15,17,19,25H,3,8-14H2,1-2H3,(H,26,27)/t19-/m0/s1. The van der Waals surface area contributed by atoms with Crippen LogP contribution >= 0.6 is 0 Å². The van der Waals surface area contributed by atoms with Gasteiger partial charge in [0.2, 0.25) is 0 Å². The van der Waals surface area contributed by atoms with E-state index in [9.17, 15) is 19.8 Å². The van der Waals surface area contributed by atoms with Gasteiger partial charge in [-0.05, 0) is 50.8 Å². The van der Waals surface area contributed by atoms with Crippen LogP contribution in [0.3, 0.4) is 0 Å². The Hall–Kier alpha value is -2.28. The van der Waals surface area contributed by atoms with E-state index in [4.69, 9.17) is 0 Å². The van der Waals surface area contributed by atoms with E-state index in [2.05, 4.69) is 18.7 Å². The Morgan fingerprint density at radius 1 is 1.11 bits per heavy atom. The number of phenols is 1. The summed E-state index contributed by atoms with van der Waals surface area (Å²) in [6.45, 7) is 7.50. The van der Waals surface area contributed by atoms with Gasteiger partial charge in [-0.1, -0.05) is 12.1 Å². The van der Waals surface area contributed by atoms with Crippen molar-refractivity contribution in [2.24, 2.45) is 0 Å². The fraction of sp³-hybridized carbons (Fsp3) is 0.619. The van der Waals surface area contributed by atoms with Gasteiger partial charge in [-0.3, -0.25) is 0 Å². The second kappa shape index (κ2) is 8.82. The number of hydrogen-bond donors (Lipinski definition) is 2. The quantitative estimate of drug-likeness (QED) is 0.780. The first-order valence-electron chi connectivity index (χ1n) is 10.2. The lowest BCUT2D eigenvalue weighted by Gasteiger charge is -2.45. The first-order valence-corrected chi connectivity index (χ1v) is 10.2. The third-order valence-corrected chi connectivity index (χ3v) is 5.99. The number of urea groups is 1. The molecule has 154 valence electrons. The number of aromatic hydroxyl groups is 1. The van der Waals surface area contributed by atoms with Crippen LogP contribution < -0.4 is 0 Å². The molecule has 0 unspecified atom stereocenters. The lowest BCUT2D eigenvalue weighted by molar-refractivity contribution is -0.142. The zero-order valence-electron chi connectivity index (χ0n) is 16.8. The minimum absolute atomic E-state index is 0.142. The number of piperidine rings is 1. The van der Waals surface area contributed by atoms with E-state index >= 15 is 0 Å². The van der Waals surface area contributed by atoms with Crippen LogP contribution in [0.1, 0.15) is 38.7 Å². The number of likely N-dealkylation sites (tertiary alicyclic amines) is 1. The van der Waals surface area contributed by atoms with Gasteiger partial charge in [0.25, 0.3) is 0 Å². The summed E-state index contributed by atoms with van der Waals surface area (Å²) in [4.78, 5) is 31.0. The molecule has 0 bridgehead atoms. The first-order chi connectivity index (χ1) is 13.4. The van der Waals surface area contributed by atoms with Gasteiger partial charge in [0.15, 0.2) is 0 Å². The Kier molecular flexibility index (Phi) is 6.44. The smallest absolute Gasteiger partial charge is 0.326 e. The van der Waals surface area contributed by atoms with Gasteiger partial charge in [0, 0.05) is 44.7 Å².